The summed E-state index contributed by atoms with van der Waals surface area (Å²) >= 11 is 0. The number of carbonyl (C=O) groups excluding carboxylic acids is 2. The molecule has 0 aromatic heterocycles. The molecule has 25 heavy (non-hydrogen) atoms. The van der Waals surface area contributed by atoms with Gasteiger partial charge >= 0.3 is 11.8 Å². The van der Waals surface area contributed by atoms with E-state index in [0.29, 0.717) is 43.3 Å². The number of hydrogen-bond acceptors (Lipinski definition) is 5. The van der Waals surface area contributed by atoms with Gasteiger partial charge in [-0.15, -0.1) is 0 Å². The minimum absolute atomic E-state index is 0.148. The van der Waals surface area contributed by atoms with Gasteiger partial charge in [0.1, 0.15) is 5.82 Å². The molecule has 0 radical (unpaired) electrons. The van der Waals surface area contributed by atoms with Crippen LogP contribution < -0.4 is 15.6 Å². The number of halogens is 1. The Bertz CT molecular complexity index is 670. The van der Waals surface area contributed by atoms with E-state index >= 15 is 0 Å². The minimum atomic E-state index is -0.863. The molecule has 0 aliphatic carbocycles. The predicted octanol–water partition coefficient (Wildman–Crippen LogP) is 1.03. The summed E-state index contributed by atoms with van der Waals surface area (Å²) in [7, 11) is 0. The van der Waals surface area contributed by atoms with Crippen LogP contribution >= 0.6 is 0 Å². The molecule has 1 fully saturated rings. The number of rotatable bonds is 4. The Morgan fingerprint density at radius 3 is 2.52 bits per heavy atom. The lowest BCUT2D eigenvalue weighted by atomic mass is 10.1. The van der Waals surface area contributed by atoms with E-state index in [1.807, 2.05) is 4.90 Å². The number of amides is 2. The second-order valence-electron chi connectivity index (χ2n) is 6.03. The van der Waals surface area contributed by atoms with Crippen molar-refractivity contribution in [3.05, 3.63) is 29.6 Å². The number of carbonyl (C=O) groups is 2. The zero-order valence-electron chi connectivity index (χ0n) is 14.6. The molecular weight excluding hydrogens is 327 g/mol. The molecule has 1 aromatic rings. The van der Waals surface area contributed by atoms with E-state index in [2.05, 4.69) is 15.8 Å². The lowest BCUT2D eigenvalue weighted by Gasteiger charge is -2.29. The SMILES string of the molecule is C/C(=N/NC(=O)C(=O)NC(C)C)c1ccc(N2CCOCC2)c(F)c1. The highest BCUT2D eigenvalue weighted by atomic mass is 19.1. The van der Waals surface area contributed by atoms with Gasteiger partial charge in [-0.3, -0.25) is 9.59 Å². The Labute approximate surface area is 146 Å². The standard InChI is InChI=1S/C17H23FN4O3/c1-11(2)19-16(23)17(24)21-20-12(3)13-4-5-15(14(18)10-13)22-6-8-25-9-7-22/h4-5,10-11H,6-9H2,1-3H3,(H,19,23)(H,21,24)/b20-12-. The van der Waals surface area contributed by atoms with Crippen molar-refractivity contribution in [1.29, 1.82) is 0 Å². The second-order valence-corrected chi connectivity index (χ2v) is 6.03. The fraction of sp³-hybridized carbons (Fsp3) is 0.471. The molecule has 136 valence electrons. The van der Waals surface area contributed by atoms with Gasteiger partial charge in [0.25, 0.3) is 0 Å². The fourth-order valence-electron chi connectivity index (χ4n) is 2.37. The smallest absolute Gasteiger partial charge is 0.329 e. The molecule has 0 bridgehead atoms. The van der Waals surface area contributed by atoms with Gasteiger partial charge < -0.3 is 15.0 Å². The molecule has 0 spiro atoms. The van der Waals surface area contributed by atoms with Crippen molar-refractivity contribution >= 4 is 23.2 Å². The van der Waals surface area contributed by atoms with Crippen LogP contribution in [0.25, 0.3) is 0 Å². The lowest BCUT2D eigenvalue weighted by molar-refractivity contribution is -0.139. The zero-order chi connectivity index (χ0) is 18.4. The van der Waals surface area contributed by atoms with Crippen LogP contribution in [0.5, 0.6) is 0 Å². The molecule has 8 heteroatoms. The molecule has 1 heterocycles. The Balaban J connectivity index is 2.03. The van der Waals surface area contributed by atoms with E-state index in [9.17, 15) is 14.0 Å². The van der Waals surface area contributed by atoms with Crippen LogP contribution in [-0.2, 0) is 14.3 Å². The first kappa shape index (κ1) is 18.9. The van der Waals surface area contributed by atoms with E-state index in [-0.39, 0.29) is 11.9 Å². The summed E-state index contributed by atoms with van der Waals surface area (Å²) in [5.41, 5.74) is 3.61. The predicted molar refractivity (Wildman–Crippen MR) is 93.1 cm³/mol. The van der Waals surface area contributed by atoms with Gasteiger partial charge in [-0.2, -0.15) is 5.10 Å². The lowest BCUT2D eigenvalue weighted by Crippen LogP contribution is -2.41. The molecule has 2 rings (SSSR count). The third kappa shape index (κ3) is 5.25. The van der Waals surface area contributed by atoms with Crippen LogP contribution in [-0.4, -0.2) is 49.9 Å². The highest BCUT2D eigenvalue weighted by molar-refractivity contribution is 6.35. The van der Waals surface area contributed by atoms with Crippen LogP contribution in [0.4, 0.5) is 10.1 Å². The van der Waals surface area contributed by atoms with Gasteiger partial charge in [-0.1, -0.05) is 6.07 Å². The quantitative estimate of drug-likeness (QED) is 0.483. The molecule has 0 unspecified atom stereocenters. The van der Waals surface area contributed by atoms with E-state index in [4.69, 9.17) is 4.74 Å². The topological polar surface area (TPSA) is 83.0 Å². The molecule has 0 saturated carbocycles. The number of hydrogen-bond donors (Lipinski definition) is 2. The summed E-state index contributed by atoms with van der Waals surface area (Å²) in [6.07, 6.45) is 0. The van der Waals surface area contributed by atoms with E-state index < -0.39 is 11.8 Å². The molecule has 2 amide bonds. The van der Waals surface area contributed by atoms with Gasteiger partial charge in [-0.05, 0) is 32.9 Å². The van der Waals surface area contributed by atoms with E-state index in [1.165, 1.54) is 6.07 Å². The van der Waals surface area contributed by atoms with Crippen LogP contribution in [0.3, 0.4) is 0 Å². The first-order chi connectivity index (χ1) is 11.9. The Morgan fingerprint density at radius 1 is 1.24 bits per heavy atom. The molecule has 1 saturated heterocycles. The highest BCUT2D eigenvalue weighted by Crippen LogP contribution is 2.21. The van der Waals surface area contributed by atoms with Crippen molar-refractivity contribution in [3.8, 4) is 0 Å². The van der Waals surface area contributed by atoms with Crippen molar-refractivity contribution in [2.75, 3.05) is 31.2 Å². The fourth-order valence-corrected chi connectivity index (χ4v) is 2.37. The normalized spacial score (nSPS) is 15.2. The van der Waals surface area contributed by atoms with Crippen LogP contribution in [0.1, 0.15) is 26.3 Å². The Kier molecular flexibility index (Phi) is 6.46. The summed E-state index contributed by atoms with van der Waals surface area (Å²) in [5, 5.41) is 6.32. The maximum absolute atomic E-state index is 14.4. The van der Waals surface area contributed by atoms with Gasteiger partial charge in [0.05, 0.1) is 24.6 Å². The number of anilines is 1. The number of hydrazone groups is 1. The minimum Gasteiger partial charge on any atom is -0.378 e. The number of benzene rings is 1. The van der Waals surface area contributed by atoms with Crippen LogP contribution in [0.15, 0.2) is 23.3 Å². The van der Waals surface area contributed by atoms with Gasteiger partial charge in [0.2, 0.25) is 0 Å². The molecule has 0 atom stereocenters. The average molecular weight is 350 g/mol. The number of nitrogens with one attached hydrogen (secondary N) is 2. The molecule has 1 aromatic carbocycles. The third-order valence-corrected chi connectivity index (χ3v) is 3.67. The van der Waals surface area contributed by atoms with Gasteiger partial charge in [0, 0.05) is 24.7 Å². The van der Waals surface area contributed by atoms with Gasteiger partial charge in [-0.25, -0.2) is 9.82 Å². The summed E-state index contributed by atoms with van der Waals surface area (Å²) < 4.78 is 19.6. The van der Waals surface area contributed by atoms with E-state index in [0.717, 1.165) is 0 Å². The molecule has 7 nitrogen and oxygen atoms in total. The van der Waals surface area contributed by atoms with Crippen LogP contribution in [0, 0.1) is 5.82 Å². The molecule has 1 aliphatic heterocycles. The van der Waals surface area contributed by atoms with E-state index in [1.54, 1.807) is 32.9 Å². The summed E-state index contributed by atoms with van der Waals surface area (Å²) in [6, 6.07) is 4.63. The average Bonchev–Trinajstić information content (AvgIpc) is 2.59. The second kappa shape index (κ2) is 8.57. The Hall–Kier alpha value is -2.48. The van der Waals surface area contributed by atoms with Gasteiger partial charge in [0.15, 0.2) is 0 Å². The third-order valence-electron chi connectivity index (χ3n) is 3.67. The monoisotopic (exact) mass is 350 g/mol. The summed E-state index contributed by atoms with van der Waals surface area (Å²) in [6.45, 7) is 7.56. The van der Waals surface area contributed by atoms with Crippen molar-refractivity contribution < 1.29 is 18.7 Å². The van der Waals surface area contributed by atoms with Crippen LogP contribution in [0.2, 0.25) is 0 Å². The maximum Gasteiger partial charge on any atom is 0.329 e. The Morgan fingerprint density at radius 2 is 1.92 bits per heavy atom. The number of nitrogens with zero attached hydrogens (tertiary/aromatic N) is 2. The van der Waals surface area contributed by atoms with Crippen molar-refractivity contribution in [1.82, 2.24) is 10.7 Å². The van der Waals surface area contributed by atoms with Crippen molar-refractivity contribution in [2.24, 2.45) is 5.10 Å². The zero-order valence-corrected chi connectivity index (χ0v) is 14.6. The first-order valence-corrected chi connectivity index (χ1v) is 8.16. The molecule has 2 N–H and O–H groups in total. The highest BCUT2D eigenvalue weighted by Gasteiger charge is 2.16. The molecule has 1 aliphatic rings. The number of morpholine rings is 1. The maximum atomic E-state index is 14.4. The largest absolute Gasteiger partial charge is 0.378 e. The van der Waals surface area contributed by atoms with Crippen molar-refractivity contribution in [3.63, 3.8) is 0 Å². The summed E-state index contributed by atoms with van der Waals surface area (Å²) in [4.78, 5) is 25.1. The summed E-state index contributed by atoms with van der Waals surface area (Å²) in [5.74, 6) is -1.99. The number of ether oxygens (including phenoxy) is 1. The first-order valence-electron chi connectivity index (χ1n) is 8.16. The van der Waals surface area contributed by atoms with Crippen molar-refractivity contribution in [2.45, 2.75) is 26.8 Å². The molecular formula is C17H23FN4O3.